The SMILES string of the molecule is Cc1ccc(S(=O)(=O)Oc2cc(S(=O)(=O)[O-])cc3cc(S(=O)(=O)[O-])cc(N=Nc4cc(OCCCS(=O)(=O)[O-])c(N)cc4C)c23)cc1.[Na+].[Na+].[Na+]. The topological polar surface area (TPSA) is 275 Å². The summed E-state index contributed by atoms with van der Waals surface area (Å²) in [7, 11) is -19.7. The van der Waals surface area contributed by atoms with E-state index in [0.29, 0.717) is 17.2 Å². The van der Waals surface area contributed by atoms with Crippen LogP contribution in [0.2, 0.25) is 0 Å². The van der Waals surface area contributed by atoms with E-state index in [4.69, 9.17) is 14.7 Å². The molecule has 0 atom stereocenters. The van der Waals surface area contributed by atoms with Gasteiger partial charge in [-0.3, -0.25) is 0 Å². The molecule has 0 aliphatic carbocycles. The van der Waals surface area contributed by atoms with Crippen LogP contribution >= 0.6 is 0 Å². The van der Waals surface area contributed by atoms with Crippen molar-refractivity contribution in [2.75, 3.05) is 18.1 Å². The number of benzene rings is 4. The predicted octanol–water partition coefficient (Wildman–Crippen LogP) is -5.64. The maximum absolute atomic E-state index is 13.2. The molecule has 0 saturated carbocycles. The second kappa shape index (κ2) is 18.2. The second-order valence-corrected chi connectivity index (χ2v) is 15.9. The van der Waals surface area contributed by atoms with Gasteiger partial charge in [-0.05, 0) is 67.6 Å². The van der Waals surface area contributed by atoms with Crippen LogP contribution in [0.3, 0.4) is 0 Å². The van der Waals surface area contributed by atoms with Gasteiger partial charge in [0, 0.05) is 17.9 Å². The van der Waals surface area contributed by atoms with Gasteiger partial charge in [-0.2, -0.15) is 13.5 Å². The number of aryl methyl sites for hydroxylation is 2. The van der Waals surface area contributed by atoms with Crippen LogP contribution in [0.15, 0.2) is 85.6 Å². The average molecular weight is 796 g/mol. The molecule has 23 heteroatoms. The van der Waals surface area contributed by atoms with Gasteiger partial charge in [0.1, 0.15) is 30.9 Å². The Hall–Kier alpha value is -1.18. The molecule has 4 aromatic rings. The summed E-state index contributed by atoms with van der Waals surface area (Å²) in [6, 6.07) is 10.9. The van der Waals surface area contributed by atoms with Gasteiger partial charge in [-0.25, -0.2) is 25.3 Å². The monoisotopic (exact) mass is 795 g/mol. The number of fused-ring (bicyclic) bond motifs is 1. The zero-order valence-electron chi connectivity index (χ0n) is 27.3. The average Bonchev–Trinajstić information content (AvgIpc) is 2.93. The first-order chi connectivity index (χ1) is 21.6. The van der Waals surface area contributed by atoms with E-state index in [1.165, 1.54) is 36.4 Å². The number of nitrogens with zero attached hydrogens (tertiary/aromatic N) is 2. The Morgan fingerprint density at radius 2 is 1.22 bits per heavy atom. The number of ether oxygens (including phenoxy) is 1. The van der Waals surface area contributed by atoms with Crippen LogP contribution in [0.4, 0.5) is 17.1 Å². The van der Waals surface area contributed by atoms with Crippen LogP contribution in [0, 0.1) is 13.8 Å². The first-order valence-corrected chi connectivity index (χ1v) is 18.9. The molecule has 0 unspecified atom stereocenters. The molecule has 16 nitrogen and oxygen atoms in total. The Bertz CT molecular complexity index is 2350. The van der Waals surface area contributed by atoms with Crippen LogP contribution in [0.1, 0.15) is 17.5 Å². The molecule has 4 aromatic carbocycles. The number of hydrogen-bond acceptors (Lipinski definition) is 16. The summed E-state index contributed by atoms with van der Waals surface area (Å²) in [5.41, 5.74) is 6.77. The third-order valence-corrected chi connectivity index (χ3v) is 10.1. The second-order valence-electron chi connectivity index (χ2n) is 10.1. The minimum absolute atomic E-state index is 0. The molecule has 0 aliphatic heterocycles. The van der Waals surface area contributed by atoms with Crippen molar-refractivity contribution in [1.82, 2.24) is 0 Å². The van der Waals surface area contributed by atoms with Crippen LogP contribution in [0.5, 0.6) is 11.5 Å². The molecule has 0 spiro atoms. The quantitative estimate of drug-likeness (QED) is 0.0350. The van der Waals surface area contributed by atoms with E-state index in [0.717, 1.165) is 18.2 Å². The maximum Gasteiger partial charge on any atom is 1.00 e. The summed E-state index contributed by atoms with van der Waals surface area (Å²) in [5, 5.41) is 7.33. The van der Waals surface area contributed by atoms with Gasteiger partial charge >= 0.3 is 98.8 Å². The minimum Gasteiger partial charge on any atom is -0.748 e. The summed E-state index contributed by atoms with van der Waals surface area (Å²) in [6.45, 7) is 3.05. The Morgan fingerprint density at radius 1 is 0.680 bits per heavy atom. The molecule has 0 bridgehead atoms. The molecule has 4 rings (SSSR count). The van der Waals surface area contributed by atoms with Crippen LogP contribution in [-0.4, -0.2) is 59.7 Å². The van der Waals surface area contributed by atoms with E-state index < -0.39 is 72.8 Å². The summed E-state index contributed by atoms with van der Waals surface area (Å²) in [4.78, 5) is -2.26. The van der Waals surface area contributed by atoms with Gasteiger partial charge in [-0.15, -0.1) is 5.11 Å². The zero-order valence-corrected chi connectivity index (χ0v) is 36.6. The molecule has 0 amide bonds. The summed E-state index contributed by atoms with van der Waals surface area (Å²) in [5.74, 6) is -1.41. The molecule has 252 valence electrons. The fourth-order valence-corrected chi connectivity index (χ4v) is 6.62. The molecule has 0 aliphatic rings. The molecular formula is C27H24N3Na3O13S4. The van der Waals surface area contributed by atoms with E-state index in [2.05, 4.69) is 10.2 Å². The van der Waals surface area contributed by atoms with E-state index in [1.54, 1.807) is 13.8 Å². The van der Waals surface area contributed by atoms with E-state index >= 15 is 0 Å². The Labute approximate surface area is 355 Å². The molecule has 2 N–H and O–H groups in total. The maximum atomic E-state index is 13.2. The molecule has 0 saturated heterocycles. The van der Waals surface area contributed by atoms with Crippen LogP contribution < -0.4 is 103 Å². The van der Waals surface area contributed by atoms with E-state index in [1.807, 2.05) is 0 Å². The van der Waals surface area contributed by atoms with Crippen molar-refractivity contribution in [1.29, 1.82) is 0 Å². The Morgan fingerprint density at radius 3 is 1.76 bits per heavy atom. The first kappa shape index (κ1) is 46.8. The van der Waals surface area contributed by atoms with Gasteiger partial charge in [-0.1, -0.05) is 17.7 Å². The summed E-state index contributed by atoms with van der Waals surface area (Å²) < 4.78 is 142. The van der Waals surface area contributed by atoms with Crippen molar-refractivity contribution in [2.45, 2.75) is 35.0 Å². The molecule has 0 aromatic heterocycles. The fourth-order valence-electron chi connectivity index (χ4n) is 4.16. The number of anilines is 1. The number of nitrogen functional groups attached to an aromatic ring is 1. The normalized spacial score (nSPS) is 12.1. The van der Waals surface area contributed by atoms with Crippen LogP contribution in [0.25, 0.3) is 10.8 Å². The third-order valence-electron chi connectivity index (χ3n) is 6.42. The van der Waals surface area contributed by atoms with Gasteiger partial charge in [0.05, 0.1) is 49.0 Å². The Kier molecular flexibility index (Phi) is 17.1. The van der Waals surface area contributed by atoms with Crippen molar-refractivity contribution < 1.29 is 145 Å². The zero-order chi connectivity index (χ0) is 34.9. The van der Waals surface area contributed by atoms with E-state index in [-0.39, 0.29) is 129 Å². The predicted molar refractivity (Wildman–Crippen MR) is 163 cm³/mol. The molecule has 0 heterocycles. The van der Waals surface area contributed by atoms with Crippen molar-refractivity contribution in [2.24, 2.45) is 10.2 Å². The van der Waals surface area contributed by atoms with Crippen molar-refractivity contribution in [3.63, 3.8) is 0 Å². The van der Waals surface area contributed by atoms with Gasteiger partial charge in [0.25, 0.3) is 0 Å². The fraction of sp³-hybridized carbons (Fsp3) is 0.185. The number of azo groups is 1. The van der Waals surface area contributed by atoms with Crippen LogP contribution in [-0.2, 0) is 40.5 Å². The van der Waals surface area contributed by atoms with Gasteiger partial charge in [0.2, 0.25) is 0 Å². The smallest absolute Gasteiger partial charge is 0.748 e. The molecule has 0 radical (unpaired) electrons. The summed E-state index contributed by atoms with van der Waals surface area (Å²) >= 11 is 0. The van der Waals surface area contributed by atoms with E-state index in [9.17, 15) is 47.3 Å². The number of rotatable bonds is 12. The molecule has 50 heavy (non-hydrogen) atoms. The molecule has 0 fully saturated rings. The number of nitrogens with two attached hydrogens (primary N) is 1. The standard InChI is InChI=1S/C27H27N3O13S4.3Na/c1-16-4-6-19(7-5-16)47(40,41)43-26-14-21(46(37,38)39)12-18-11-20(45(34,35)36)13-24(27(18)26)30-29-23-15-25(22(28)10-17(23)2)42-8-3-9-44(31,32)33;;;/h4-7,10-15H,3,8-9,28H2,1-2H3,(H,31,32,33)(H,34,35,36)(H,37,38,39);;;/q;3*+1/p-3. The van der Waals surface area contributed by atoms with Gasteiger partial charge < -0.3 is 28.3 Å². The number of hydrogen-bond donors (Lipinski definition) is 1. The van der Waals surface area contributed by atoms with Crippen molar-refractivity contribution in [3.8, 4) is 11.5 Å². The van der Waals surface area contributed by atoms with Gasteiger partial charge in [0.15, 0.2) is 5.75 Å². The summed E-state index contributed by atoms with van der Waals surface area (Å²) in [6.07, 6.45) is -0.145. The third kappa shape index (κ3) is 12.5. The largest absolute Gasteiger partial charge is 1.00 e. The molecular weight excluding hydrogens is 772 g/mol. The first-order valence-electron chi connectivity index (χ1n) is 13.1. The van der Waals surface area contributed by atoms with Crippen molar-refractivity contribution >= 4 is 68.3 Å². The Balaban J connectivity index is 0.00000417. The van der Waals surface area contributed by atoms with Crippen molar-refractivity contribution in [3.05, 3.63) is 71.8 Å². The minimum atomic E-state index is -5.27.